The highest BCUT2D eigenvalue weighted by Gasteiger charge is 2.18. The first-order valence-corrected chi connectivity index (χ1v) is 10.1. The molecule has 1 aromatic heterocycles. The number of anilines is 2. The Morgan fingerprint density at radius 2 is 1.66 bits per heavy atom. The van der Waals surface area contributed by atoms with Crippen molar-refractivity contribution in [1.82, 2.24) is 14.9 Å². The van der Waals surface area contributed by atoms with Gasteiger partial charge in [-0.15, -0.1) is 0 Å². The van der Waals surface area contributed by atoms with Crippen LogP contribution in [-0.4, -0.2) is 47.6 Å². The van der Waals surface area contributed by atoms with Gasteiger partial charge in [0.25, 0.3) is 0 Å². The minimum Gasteiger partial charge on any atom is -0.370 e. The molecule has 0 saturated carbocycles. The molecule has 150 valence electrons. The highest BCUT2D eigenvalue weighted by atomic mass is 19.1. The molecule has 2 aromatic carbocycles. The van der Waals surface area contributed by atoms with Crippen molar-refractivity contribution in [2.24, 2.45) is 0 Å². The van der Waals surface area contributed by atoms with Gasteiger partial charge in [0, 0.05) is 45.3 Å². The summed E-state index contributed by atoms with van der Waals surface area (Å²) in [6.07, 6.45) is 2.21. The second-order valence-electron chi connectivity index (χ2n) is 7.28. The number of nitrogens with zero attached hydrogens (tertiary/aromatic N) is 4. The standard InChI is InChI=1S/C23H26FN5/c24-21-9-5-4-8-20(21)10-11-25-22-16-23(27-18-26-22)29-14-12-28(13-15-29)17-19-6-2-1-3-7-19/h1-9,16,18H,10-15,17H2,(H,25,26,27). The fraction of sp³-hybridized carbons (Fsp3) is 0.304. The average Bonchev–Trinajstić information content (AvgIpc) is 2.77. The smallest absolute Gasteiger partial charge is 0.134 e. The third kappa shape index (κ3) is 5.29. The number of piperazine rings is 1. The van der Waals surface area contributed by atoms with E-state index >= 15 is 0 Å². The van der Waals surface area contributed by atoms with Gasteiger partial charge < -0.3 is 10.2 Å². The van der Waals surface area contributed by atoms with Crippen LogP contribution in [0.25, 0.3) is 0 Å². The summed E-state index contributed by atoms with van der Waals surface area (Å²) in [5.74, 6) is 1.55. The maximum Gasteiger partial charge on any atom is 0.134 e. The molecule has 6 heteroatoms. The van der Waals surface area contributed by atoms with Crippen LogP contribution in [0.4, 0.5) is 16.0 Å². The Labute approximate surface area is 171 Å². The van der Waals surface area contributed by atoms with Crippen LogP contribution in [0.5, 0.6) is 0 Å². The van der Waals surface area contributed by atoms with Crippen LogP contribution in [0.15, 0.2) is 67.0 Å². The van der Waals surface area contributed by atoms with Crippen molar-refractivity contribution in [2.45, 2.75) is 13.0 Å². The summed E-state index contributed by atoms with van der Waals surface area (Å²) >= 11 is 0. The molecule has 1 N–H and O–H groups in total. The fourth-order valence-corrected chi connectivity index (χ4v) is 3.62. The summed E-state index contributed by atoms with van der Waals surface area (Å²) in [5.41, 5.74) is 2.06. The molecule has 0 unspecified atom stereocenters. The van der Waals surface area contributed by atoms with Crippen LogP contribution in [0.2, 0.25) is 0 Å². The minimum absolute atomic E-state index is 0.161. The minimum atomic E-state index is -0.161. The normalized spacial score (nSPS) is 14.7. The van der Waals surface area contributed by atoms with E-state index in [0.717, 1.165) is 44.4 Å². The molecule has 0 spiro atoms. The van der Waals surface area contributed by atoms with Gasteiger partial charge in [-0.25, -0.2) is 14.4 Å². The van der Waals surface area contributed by atoms with Gasteiger partial charge in [0.15, 0.2) is 0 Å². The van der Waals surface area contributed by atoms with Crippen molar-refractivity contribution in [3.63, 3.8) is 0 Å². The Balaban J connectivity index is 1.28. The molecule has 0 atom stereocenters. The molecule has 0 bridgehead atoms. The van der Waals surface area contributed by atoms with E-state index in [2.05, 4.69) is 55.4 Å². The van der Waals surface area contributed by atoms with Gasteiger partial charge in [0.2, 0.25) is 0 Å². The zero-order chi connectivity index (χ0) is 19.9. The van der Waals surface area contributed by atoms with Gasteiger partial charge in [-0.3, -0.25) is 4.90 Å². The van der Waals surface area contributed by atoms with Crippen molar-refractivity contribution < 1.29 is 4.39 Å². The Kier molecular flexibility index (Phi) is 6.32. The van der Waals surface area contributed by atoms with E-state index < -0.39 is 0 Å². The van der Waals surface area contributed by atoms with Crippen molar-refractivity contribution in [3.8, 4) is 0 Å². The lowest BCUT2D eigenvalue weighted by Crippen LogP contribution is -2.46. The van der Waals surface area contributed by atoms with Gasteiger partial charge in [0.1, 0.15) is 23.8 Å². The first kappa shape index (κ1) is 19.3. The predicted octanol–water partition coefficient (Wildman–Crippen LogP) is 3.59. The zero-order valence-electron chi connectivity index (χ0n) is 16.5. The summed E-state index contributed by atoms with van der Waals surface area (Å²) in [5, 5.41) is 3.29. The van der Waals surface area contributed by atoms with Crippen LogP contribution >= 0.6 is 0 Å². The highest BCUT2D eigenvalue weighted by molar-refractivity contribution is 5.48. The fourth-order valence-electron chi connectivity index (χ4n) is 3.62. The van der Waals surface area contributed by atoms with Gasteiger partial charge in [-0.2, -0.15) is 0 Å². The number of hydrogen-bond acceptors (Lipinski definition) is 5. The van der Waals surface area contributed by atoms with Gasteiger partial charge in [-0.05, 0) is 23.6 Å². The molecule has 0 radical (unpaired) electrons. The third-order valence-electron chi connectivity index (χ3n) is 5.26. The van der Waals surface area contributed by atoms with E-state index in [4.69, 9.17) is 0 Å². The molecule has 5 nitrogen and oxygen atoms in total. The number of benzene rings is 2. The third-order valence-corrected chi connectivity index (χ3v) is 5.26. The zero-order valence-corrected chi connectivity index (χ0v) is 16.5. The molecule has 2 heterocycles. The first-order valence-electron chi connectivity index (χ1n) is 10.1. The quantitative estimate of drug-likeness (QED) is 0.667. The molecule has 29 heavy (non-hydrogen) atoms. The van der Waals surface area contributed by atoms with Crippen molar-refractivity contribution in [3.05, 3.63) is 83.9 Å². The summed E-state index contributed by atoms with van der Waals surface area (Å²) in [4.78, 5) is 13.5. The Hall–Kier alpha value is -2.99. The summed E-state index contributed by atoms with van der Waals surface area (Å²) in [6.45, 7) is 5.52. The number of aromatic nitrogens is 2. The van der Waals surface area contributed by atoms with Crippen LogP contribution in [0.1, 0.15) is 11.1 Å². The van der Waals surface area contributed by atoms with Crippen LogP contribution in [0, 0.1) is 5.82 Å². The Bertz CT molecular complexity index is 910. The molecular weight excluding hydrogens is 365 g/mol. The topological polar surface area (TPSA) is 44.3 Å². The van der Waals surface area contributed by atoms with E-state index in [1.165, 1.54) is 11.6 Å². The molecule has 4 rings (SSSR count). The monoisotopic (exact) mass is 391 g/mol. The molecule has 1 fully saturated rings. The molecule has 0 aliphatic carbocycles. The summed E-state index contributed by atoms with van der Waals surface area (Å²) < 4.78 is 13.7. The van der Waals surface area contributed by atoms with Crippen LogP contribution < -0.4 is 10.2 Å². The first-order chi connectivity index (χ1) is 14.3. The number of rotatable bonds is 7. The molecule has 1 saturated heterocycles. The molecule has 1 aliphatic heterocycles. The molecular formula is C23H26FN5. The number of halogens is 1. The Morgan fingerprint density at radius 1 is 0.897 bits per heavy atom. The molecule has 1 aliphatic rings. The lowest BCUT2D eigenvalue weighted by atomic mass is 10.1. The lowest BCUT2D eigenvalue weighted by Gasteiger charge is -2.35. The van der Waals surface area contributed by atoms with Gasteiger partial charge >= 0.3 is 0 Å². The lowest BCUT2D eigenvalue weighted by molar-refractivity contribution is 0.249. The predicted molar refractivity (Wildman–Crippen MR) is 115 cm³/mol. The second kappa shape index (κ2) is 9.47. The molecule has 3 aromatic rings. The average molecular weight is 391 g/mol. The van der Waals surface area contributed by atoms with E-state index in [1.807, 2.05) is 18.2 Å². The molecule has 0 amide bonds. The number of hydrogen-bond donors (Lipinski definition) is 1. The number of nitrogens with one attached hydrogen (secondary N) is 1. The van der Waals surface area contributed by atoms with E-state index in [0.29, 0.717) is 18.5 Å². The largest absolute Gasteiger partial charge is 0.370 e. The van der Waals surface area contributed by atoms with E-state index in [-0.39, 0.29) is 5.82 Å². The SMILES string of the molecule is Fc1ccccc1CCNc1cc(N2CCN(Cc3ccccc3)CC2)ncn1. The van der Waals surface area contributed by atoms with Crippen LogP contribution in [-0.2, 0) is 13.0 Å². The Morgan fingerprint density at radius 3 is 2.45 bits per heavy atom. The van der Waals surface area contributed by atoms with E-state index in [1.54, 1.807) is 12.4 Å². The summed E-state index contributed by atoms with van der Waals surface area (Å²) in [7, 11) is 0. The highest BCUT2D eigenvalue weighted by Crippen LogP contribution is 2.17. The van der Waals surface area contributed by atoms with Crippen LogP contribution in [0.3, 0.4) is 0 Å². The maximum absolute atomic E-state index is 13.7. The van der Waals surface area contributed by atoms with Gasteiger partial charge in [0.05, 0.1) is 0 Å². The van der Waals surface area contributed by atoms with Crippen molar-refractivity contribution in [2.75, 3.05) is 42.9 Å². The van der Waals surface area contributed by atoms with Crippen molar-refractivity contribution in [1.29, 1.82) is 0 Å². The maximum atomic E-state index is 13.7. The van der Waals surface area contributed by atoms with Gasteiger partial charge in [-0.1, -0.05) is 48.5 Å². The second-order valence-corrected chi connectivity index (χ2v) is 7.28. The summed E-state index contributed by atoms with van der Waals surface area (Å²) in [6, 6.07) is 19.5. The van der Waals surface area contributed by atoms with Crippen molar-refractivity contribution >= 4 is 11.6 Å². The van der Waals surface area contributed by atoms with E-state index in [9.17, 15) is 4.39 Å².